The smallest absolute Gasteiger partial charge is 1.00 e. The van der Waals surface area contributed by atoms with Gasteiger partial charge in [0.2, 0.25) is 0 Å². The van der Waals surface area contributed by atoms with Crippen molar-refractivity contribution in [3.05, 3.63) is 80.7 Å². The van der Waals surface area contributed by atoms with Gasteiger partial charge in [0.25, 0.3) is 0 Å². The van der Waals surface area contributed by atoms with Crippen LogP contribution in [-0.4, -0.2) is 11.9 Å². The number of benzene rings is 2. The summed E-state index contributed by atoms with van der Waals surface area (Å²) in [5.41, 5.74) is 4.46. The molecule has 0 saturated heterocycles. The summed E-state index contributed by atoms with van der Waals surface area (Å²) < 4.78 is 5.65. The topological polar surface area (TPSA) is 29.1 Å². The van der Waals surface area contributed by atoms with Crippen molar-refractivity contribution >= 4 is 22.3 Å². The fraction of sp³-hybridized carbons (Fsp3) is 0.500. The summed E-state index contributed by atoms with van der Waals surface area (Å²) in [5.74, 6) is -0.583. The monoisotopic (exact) mass is 764 g/mol. The maximum atomic E-state index is 14.3. The summed E-state index contributed by atoms with van der Waals surface area (Å²) in [6, 6.07) is 22.4. The van der Waals surface area contributed by atoms with Crippen LogP contribution in [0.25, 0.3) is 0 Å². The quantitative estimate of drug-likeness (QED) is 0.444. The molecule has 40 heavy (non-hydrogen) atoms. The van der Waals surface area contributed by atoms with Crippen LogP contribution in [0, 0.1) is 11.8 Å². The van der Waals surface area contributed by atoms with Crippen LogP contribution < -0.4 is 38.5 Å². The van der Waals surface area contributed by atoms with E-state index in [1.807, 2.05) is 0 Å². The Morgan fingerprint density at radius 1 is 0.700 bits per heavy atom. The number of hydrogen-bond donors (Lipinski definition) is 1. The van der Waals surface area contributed by atoms with Crippen LogP contribution in [0.15, 0.2) is 80.7 Å². The molecule has 4 rings (SSSR count). The molecule has 2 aromatic rings. The molecule has 2 aliphatic rings. The largest absolute Gasteiger partial charge is 1.00 e. The average Bonchev–Trinajstić information content (AvgIpc) is 3.12. The van der Waals surface area contributed by atoms with Crippen molar-refractivity contribution in [1.29, 1.82) is 0 Å². The molecule has 2 aromatic carbocycles. The molecule has 0 aromatic heterocycles. The predicted octanol–water partition coefficient (Wildman–Crippen LogP) is 1.36. The third-order valence-corrected chi connectivity index (χ3v) is 35.9. The van der Waals surface area contributed by atoms with Gasteiger partial charge < -0.3 is 24.8 Å². The Morgan fingerprint density at radius 3 is 1.52 bits per heavy atom. The van der Waals surface area contributed by atoms with Gasteiger partial charge in [0.1, 0.15) is 0 Å². The van der Waals surface area contributed by atoms with Crippen LogP contribution in [-0.2, 0) is 25.7 Å². The second-order valence-electron chi connectivity index (χ2n) is 11.7. The van der Waals surface area contributed by atoms with Crippen molar-refractivity contribution in [1.82, 2.24) is 3.30 Å². The van der Waals surface area contributed by atoms with Gasteiger partial charge in [0, 0.05) is 0 Å². The van der Waals surface area contributed by atoms with Gasteiger partial charge in [-0.15, -0.1) is 0 Å². The van der Waals surface area contributed by atoms with Gasteiger partial charge >= 0.3 is 242 Å². The Morgan fingerprint density at radius 2 is 1.12 bits per heavy atom. The molecule has 217 valence electrons. The summed E-state index contributed by atoms with van der Waals surface area (Å²) in [6.45, 7) is 9.36. The summed E-state index contributed by atoms with van der Waals surface area (Å²) in [7, 11) is 0. The van der Waals surface area contributed by atoms with E-state index < -0.39 is 26.9 Å². The third-order valence-electron chi connectivity index (χ3n) is 9.22. The Hall–Kier alpha value is -0.943. The Bertz CT molecular complexity index is 1070. The second kappa shape index (κ2) is 17.9. The molecule has 1 saturated carbocycles. The predicted molar refractivity (Wildman–Crippen MR) is 162 cm³/mol. The first-order chi connectivity index (χ1) is 18.5. The zero-order chi connectivity index (χ0) is 26.9. The van der Waals surface area contributed by atoms with E-state index in [0.717, 1.165) is 12.8 Å². The van der Waals surface area contributed by atoms with E-state index in [1.165, 1.54) is 84.9 Å². The number of rotatable bonds is 6. The zero-order valence-corrected chi connectivity index (χ0v) is 31.2. The summed E-state index contributed by atoms with van der Waals surface area (Å²) in [4.78, 5) is 14.3. The van der Waals surface area contributed by atoms with Crippen LogP contribution in [0.5, 0.6) is 0 Å². The number of amides is 1. The van der Waals surface area contributed by atoms with E-state index in [1.54, 1.807) is 3.33 Å². The minimum absolute atomic E-state index is 0. The molecule has 1 atom stereocenters. The maximum Gasteiger partial charge on any atom is -1.00 e. The van der Waals surface area contributed by atoms with Crippen molar-refractivity contribution in [3.8, 4) is 0 Å². The Labute approximate surface area is 265 Å². The zero-order valence-electron chi connectivity index (χ0n) is 24.9. The van der Waals surface area contributed by atoms with Crippen LogP contribution in [0.1, 0.15) is 98.3 Å². The van der Waals surface area contributed by atoms with E-state index in [4.69, 9.17) is 0 Å². The molecule has 1 amide bonds. The molecule has 2 nitrogen and oxygen atoms in total. The normalized spacial score (nSPS) is 19.3. The van der Waals surface area contributed by atoms with Gasteiger partial charge in [-0.05, 0) is 0 Å². The minimum atomic E-state index is -2.89. The second-order valence-corrected chi connectivity index (χ2v) is 30.6. The summed E-state index contributed by atoms with van der Waals surface area (Å²) in [6.07, 6.45) is 13.9. The Kier molecular flexibility index (Phi) is 15.8. The van der Waals surface area contributed by atoms with E-state index >= 15 is 0 Å². The number of halogens is 2. The van der Waals surface area contributed by atoms with Crippen molar-refractivity contribution in [2.75, 3.05) is 0 Å². The molecule has 1 N–H and O–H groups in total. The number of carbonyl (C=O) groups is 1. The minimum Gasteiger partial charge on any atom is -1.00 e. The average molecular weight is 764 g/mol. The SMILES string of the molecule is CC1=C(C)C(C)[C]([Hf+2]([NH]C(=O)C2CCCCCCCCCCC2)[SiH](c2ccccc2)c2ccccc2)=C1C.[Cl-].[Cl-]. The summed E-state index contributed by atoms with van der Waals surface area (Å²) in [5, 5.41) is 2.99. The van der Waals surface area contributed by atoms with Crippen LogP contribution in [0.2, 0.25) is 0 Å². The van der Waals surface area contributed by atoms with E-state index in [0.29, 0.717) is 11.8 Å². The first kappa shape index (κ1) is 35.3. The molecule has 2 aliphatic carbocycles. The van der Waals surface area contributed by atoms with Crippen molar-refractivity contribution in [3.63, 3.8) is 0 Å². The number of nitrogens with one attached hydrogen (secondary N) is 1. The molecule has 0 bridgehead atoms. The first-order valence-electron chi connectivity index (χ1n) is 15.2. The van der Waals surface area contributed by atoms with Crippen molar-refractivity contribution in [2.24, 2.45) is 11.8 Å². The number of carbonyl (C=O) groups excluding carboxylic acids is 1. The van der Waals surface area contributed by atoms with Crippen molar-refractivity contribution in [2.45, 2.75) is 98.3 Å². The van der Waals surface area contributed by atoms with Crippen molar-refractivity contribution < 1.29 is 50.5 Å². The molecule has 0 aliphatic heterocycles. The van der Waals surface area contributed by atoms with Crippen LogP contribution in [0.4, 0.5) is 0 Å². The fourth-order valence-corrected chi connectivity index (χ4v) is 37.3. The van der Waals surface area contributed by atoms with Gasteiger partial charge in [-0.25, -0.2) is 0 Å². The van der Waals surface area contributed by atoms with E-state index in [9.17, 15) is 4.79 Å². The number of hydrogen-bond acceptors (Lipinski definition) is 1. The van der Waals surface area contributed by atoms with Crippen LogP contribution >= 0.6 is 0 Å². The fourth-order valence-electron chi connectivity index (χ4n) is 6.57. The van der Waals surface area contributed by atoms with Gasteiger partial charge in [-0.3, -0.25) is 0 Å². The standard InChI is InChI=1S/C13H25NO.C12H11Si.C9H13.2ClH.Hf/c14-13(15)12-10-8-6-4-2-1-3-5-7-9-11-12;1-3-7-11(8-4-1)13-12-9-5-2-6-10-12;1-6-5-7(2)9(4)8(6)3;;;/h12H,1-11H2,(H2,14,15);1-10,13H;6H,1-4H3;2*1H;/q;;;;;+3/p-3. The maximum absolute atomic E-state index is 14.3. The molecular formula is C34H48Cl2HfNOSi. The van der Waals surface area contributed by atoms with Crippen LogP contribution in [0.3, 0.4) is 0 Å². The van der Waals surface area contributed by atoms with Gasteiger partial charge in [0.15, 0.2) is 0 Å². The molecule has 1 unspecified atom stereocenters. The van der Waals surface area contributed by atoms with E-state index in [2.05, 4.69) is 91.7 Å². The van der Waals surface area contributed by atoms with Gasteiger partial charge in [0.05, 0.1) is 0 Å². The van der Waals surface area contributed by atoms with Gasteiger partial charge in [-0.1, -0.05) is 0 Å². The molecule has 0 radical (unpaired) electrons. The summed E-state index contributed by atoms with van der Waals surface area (Å²) >= 11 is -2.89. The Balaban J connectivity index is 0.00000280. The van der Waals surface area contributed by atoms with E-state index in [-0.39, 0.29) is 30.7 Å². The molecular weight excluding hydrogens is 716 g/mol. The molecule has 1 fully saturated rings. The third kappa shape index (κ3) is 9.03. The molecule has 0 heterocycles. The molecule has 6 heteroatoms. The van der Waals surface area contributed by atoms with Gasteiger partial charge in [-0.2, -0.15) is 0 Å². The molecule has 0 spiro atoms. The number of allylic oxidation sites excluding steroid dienone is 4. The first-order valence-corrected chi connectivity index (χ1v) is 26.7.